The van der Waals surface area contributed by atoms with Crippen molar-refractivity contribution in [1.29, 1.82) is 0 Å². The molecule has 1 aliphatic carbocycles. The van der Waals surface area contributed by atoms with Gasteiger partial charge in [-0.1, -0.05) is 11.6 Å². The number of esters is 1. The molecule has 1 atom stereocenters. The van der Waals surface area contributed by atoms with Crippen molar-refractivity contribution in [3.8, 4) is 0 Å². The fourth-order valence-electron chi connectivity index (χ4n) is 2.19. The van der Waals surface area contributed by atoms with Crippen LogP contribution >= 0.6 is 11.6 Å². The maximum atomic E-state index is 11.9. The van der Waals surface area contributed by atoms with Gasteiger partial charge in [0.2, 0.25) is 0 Å². The summed E-state index contributed by atoms with van der Waals surface area (Å²) in [5, 5.41) is 3.39. The van der Waals surface area contributed by atoms with E-state index in [0.29, 0.717) is 29.5 Å². The maximum absolute atomic E-state index is 11.9. The summed E-state index contributed by atoms with van der Waals surface area (Å²) in [7, 11) is 0. The zero-order chi connectivity index (χ0) is 13.4. The largest absolute Gasteiger partial charge is 0.448 e. The van der Waals surface area contributed by atoms with E-state index in [1.165, 1.54) is 12.8 Å². The SMILES string of the molecule is O=C1OC(C(=O)NCC2CC2)Cc2cc(Cl)ccc21. The molecular formula is C14H14ClNO3. The highest BCUT2D eigenvalue weighted by Crippen LogP contribution is 2.28. The number of cyclic esters (lactones) is 1. The molecule has 0 radical (unpaired) electrons. The molecular weight excluding hydrogens is 266 g/mol. The van der Waals surface area contributed by atoms with Crippen molar-refractivity contribution in [3.05, 3.63) is 34.3 Å². The van der Waals surface area contributed by atoms with Crippen LogP contribution in [0.4, 0.5) is 0 Å². The van der Waals surface area contributed by atoms with E-state index in [4.69, 9.17) is 16.3 Å². The number of hydrogen-bond donors (Lipinski definition) is 1. The summed E-state index contributed by atoms with van der Waals surface area (Å²) >= 11 is 5.91. The van der Waals surface area contributed by atoms with Gasteiger partial charge in [-0.3, -0.25) is 4.79 Å². The number of fused-ring (bicyclic) bond motifs is 1. The Hall–Kier alpha value is -1.55. The zero-order valence-corrected chi connectivity index (χ0v) is 11.1. The number of ether oxygens (including phenoxy) is 1. The molecule has 19 heavy (non-hydrogen) atoms. The minimum atomic E-state index is -0.739. The molecule has 1 heterocycles. The minimum absolute atomic E-state index is 0.217. The first-order chi connectivity index (χ1) is 9.13. The average molecular weight is 280 g/mol. The molecule has 1 fully saturated rings. The predicted molar refractivity (Wildman–Crippen MR) is 70.1 cm³/mol. The first kappa shape index (κ1) is 12.5. The third-order valence-corrected chi connectivity index (χ3v) is 3.73. The van der Waals surface area contributed by atoms with Gasteiger partial charge in [0.25, 0.3) is 5.91 Å². The van der Waals surface area contributed by atoms with Crippen LogP contribution in [-0.2, 0) is 16.0 Å². The molecule has 100 valence electrons. The Balaban J connectivity index is 1.72. The molecule has 0 saturated heterocycles. The Bertz CT molecular complexity index is 539. The Kier molecular flexibility index (Phi) is 3.19. The summed E-state index contributed by atoms with van der Waals surface area (Å²) < 4.78 is 5.17. The predicted octanol–water partition coefficient (Wildman–Crippen LogP) is 1.95. The molecule has 1 N–H and O–H groups in total. The van der Waals surface area contributed by atoms with Gasteiger partial charge in [0.1, 0.15) is 0 Å². The molecule has 5 heteroatoms. The number of rotatable bonds is 3. The van der Waals surface area contributed by atoms with Crippen molar-refractivity contribution in [2.45, 2.75) is 25.4 Å². The van der Waals surface area contributed by atoms with Crippen LogP contribution in [0.25, 0.3) is 0 Å². The lowest BCUT2D eigenvalue weighted by Crippen LogP contribution is -2.42. The molecule has 1 aromatic rings. The Labute approximate surface area is 116 Å². The summed E-state index contributed by atoms with van der Waals surface area (Å²) in [6.45, 7) is 0.676. The van der Waals surface area contributed by atoms with Crippen LogP contribution in [0, 0.1) is 5.92 Å². The van der Waals surface area contributed by atoms with Crippen LogP contribution in [0.1, 0.15) is 28.8 Å². The topological polar surface area (TPSA) is 55.4 Å². The fraction of sp³-hybridized carbons (Fsp3) is 0.429. The normalized spacial score (nSPS) is 21.5. The molecule has 2 aliphatic rings. The second kappa shape index (κ2) is 4.85. The number of hydrogen-bond acceptors (Lipinski definition) is 3. The van der Waals surface area contributed by atoms with E-state index >= 15 is 0 Å². The van der Waals surface area contributed by atoms with Crippen LogP contribution in [0.15, 0.2) is 18.2 Å². The molecule has 0 bridgehead atoms. The van der Waals surface area contributed by atoms with Crippen LogP contribution in [0.5, 0.6) is 0 Å². The summed E-state index contributed by atoms with van der Waals surface area (Å²) in [6, 6.07) is 5.01. The first-order valence-corrected chi connectivity index (χ1v) is 6.78. The maximum Gasteiger partial charge on any atom is 0.339 e. The first-order valence-electron chi connectivity index (χ1n) is 6.40. The molecule has 1 saturated carbocycles. The highest BCUT2D eigenvalue weighted by molar-refractivity contribution is 6.30. The van der Waals surface area contributed by atoms with E-state index in [1.807, 2.05) is 0 Å². The summed E-state index contributed by atoms with van der Waals surface area (Å²) in [5.74, 6) is -0.0691. The number of carbonyl (C=O) groups is 2. The number of carbonyl (C=O) groups excluding carboxylic acids is 2. The molecule has 4 nitrogen and oxygen atoms in total. The average Bonchev–Trinajstić information content (AvgIpc) is 3.19. The van der Waals surface area contributed by atoms with E-state index in [-0.39, 0.29) is 5.91 Å². The van der Waals surface area contributed by atoms with Crippen molar-refractivity contribution in [3.63, 3.8) is 0 Å². The van der Waals surface area contributed by atoms with Crippen molar-refractivity contribution < 1.29 is 14.3 Å². The van der Waals surface area contributed by atoms with Crippen molar-refractivity contribution in [2.24, 2.45) is 5.92 Å². The van der Waals surface area contributed by atoms with Gasteiger partial charge in [0.15, 0.2) is 6.10 Å². The van der Waals surface area contributed by atoms with E-state index in [1.54, 1.807) is 18.2 Å². The quantitative estimate of drug-likeness (QED) is 0.861. The number of halogens is 1. The molecule has 0 spiro atoms. The molecule has 0 aromatic heterocycles. The zero-order valence-electron chi connectivity index (χ0n) is 10.3. The van der Waals surface area contributed by atoms with Crippen LogP contribution in [-0.4, -0.2) is 24.5 Å². The number of benzene rings is 1. The summed E-state index contributed by atoms with van der Waals surface area (Å²) in [6.07, 6.45) is 1.99. The van der Waals surface area contributed by atoms with Gasteiger partial charge < -0.3 is 10.1 Å². The summed E-state index contributed by atoms with van der Waals surface area (Å²) in [5.41, 5.74) is 1.27. The molecule has 1 amide bonds. The van der Waals surface area contributed by atoms with Gasteiger partial charge in [0, 0.05) is 18.0 Å². The van der Waals surface area contributed by atoms with Crippen LogP contribution < -0.4 is 5.32 Å². The number of nitrogens with one attached hydrogen (secondary N) is 1. The third kappa shape index (κ3) is 2.73. The van der Waals surface area contributed by atoms with E-state index in [2.05, 4.69) is 5.32 Å². The smallest absolute Gasteiger partial charge is 0.339 e. The van der Waals surface area contributed by atoms with Crippen molar-refractivity contribution >= 4 is 23.5 Å². The van der Waals surface area contributed by atoms with E-state index in [9.17, 15) is 9.59 Å². The van der Waals surface area contributed by atoms with Gasteiger partial charge in [-0.25, -0.2) is 4.79 Å². The minimum Gasteiger partial charge on any atom is -0.448 e. The van der Waals surface area contributed by atoms with Gasteiger partial charge >= 0.3 is 5.97 Å². The van der Waals surface area contributed by atoms with Gasteiger partial charge in [-0.05, 0) is 42.5 Å². The lowest BCUT2D eigenvalue weighted by molar-refractivity contribution is -0.130. The van der Waals surface area contributed by atoms with Gasteiger partial charge in [0.05, 0.1) is 5.56 Å². The molecule has 3 rings (SSSR count). The number of amides is 1. The van der Waals surface area contributed by atoms with Crippen molar-refractivity contribution in [2.75, 3.05) is 6.54 Å². The highest BCUT2D eigenvalue weighted by atomic mass is 35.5. The second-order valence-corrected chi connectivity index (χ2v) is 5.52. The lowest BCUT2D eigenvalue weighted by Gasteiger charge is -2.24. The molecule has 1 unspecified atom stereocenters. The Morgan fingerprint density at radius 2 is 2.21 bits per heavy atom. The Morgan fingerprint density at radius 3 is 2.95 bits per heavy atom. The Morgan fingerprint density at radius 1 is 1.42 bits per heavy atom. The summed E-state index contributed by atoms with van der Waals surface area (Å²) in [4.78, 5) is 23.8. The molecule has 1 aromatic carbocycles. The van der Waals surface area contributed by atoms with Crippen molar-refractivity contribution in [1.82, 2.24) is 5.32 Å². The second-order valence-electron chi connectivity index (χ2n) is 5.09. The molecule has 1 aliphatic heterocycles. The fourth-order valence-corrected chi connectivity index (χ4v) is 2.39. The third-order valence-electron chi connectivity index (χ3n) is 3.50. The van der Waals surface area contributed by atoms with Crippen LogP contribution in [0.3, 0.4) is 0 Å². The highest BCUT2D eigenvalue weighted by Gasteiger charge is 2.32. The van der Waals surface area contributed by atoms with E-state index in [0.717, 1.165) is 5.56 Å². The van der Waals surface area contributed by atoms with Crippen LogP contribution in [0.2, 0.25) is 5.02 Å². The lowest BCUT2D eigenvalue weighted by atomic mass is 9.98. The van der Waals surface area contributed by atoms with Gasteiger partial charge in [-0.15, -0.1) is 0 Å². The van der Waals surface area contributed by atoms with Gasteiger partial charge in [-0.2, -0.15) is 0 Å². The van der Waals surface area contributed by atoms with E-state index < -0.39 is 12.1 Å². The monoisotopic (exact) mass is 279 g/mol. The standard InChI is InChI=1S/C14H14ClNO3/c15-10-3-4-11-9(5-10)6-12(19-14(11)18)13(17)16-7-8-1-2-8/h3-5,8,12H,1-2,6-7H2,(H,16,17).